The van der Waals surface area contributed by atoms with Gasteiger partial charge < -0.3 is 0 Å². The lowest BCUT2D eigenvalue weighted by molar-refractivity contribution is -0.127. The maximum atomic E-state index is 11.3. The number of nitrogens with one attached hydrogen (secondary N) is 1. The Morgan fingerprint density at radius 1 is 0.857 bits per heavy atom. The molecule has 2 aliphatic rings. The van der Waals surface area contributed by atoms with Gasteiger partial charge in [0.2, 0.25) is 11.8 Å². The minimum absolute atomic E-state index is 0.0927. The lowest BCUT2D eigenvalue weighted by atomic mass is 10.1. The van der Waals surface area contributed by atoms with Gasteiger partial charge in [-0.3, -0.25) is 14.9 Å². The molecule has 3 rings (SSSR count). The molecule has 70 valence electrons. The lowest BCUT2D eigenvalue weighted by Gasteiger charge is -2.02. The van der Waals surface area contributed by atoms with Crippen molar-refractivity contribution in [2.75, 3.05) is 0 Å². The first-order chi connectivity index (χ1) is 6.79. The van der Waals surface area contributed by atoms with Gasteiger partial charge in [0.1, 0.15) is 0 Å². The van der Waals surface area contributed by atoms with Crippen LogP contribution < -0.4 is 5.32 Å². The van der Waals surface area contributed by atoms with Crippen molar-refractivity contribution in [3.05, 3.63) is 35.9 Å². The van der Waals surface area contributed by atoms with E-state index in [1.807, 2.05) is 30.3 Å². The fourth-order valence-corrected chi connectivity index (χ4v) is 2.34. The molecular formula is C11H9NO2. The number of hydrogen-bond acceptors (Lipinski definition) is 2. The Bertz CT molecular complexity index is 393. The maximum absolute atomic E-state index is 11.3. The number of fused-ring (bicyclic) bond motifs is 1. The fraction of sp³-hybridized carbons (Fsp3) is 0.273. The smallest absolute Gasteiger partial charge is 0.231 e. The largest absolute Gasteiger partial charge is 0.296 e. The molecule has 14 heavy (non-hydrogen) atoms. The molecule has 0 bridgehead atoms. The quantitative estimate of drug-likeness (QED) is 0.657. The number of hydrogen-bond donors (Lipinski definition) is 1. The maximum Gasteiger partial charge on any atom is 0.231 e. The Labute approximate surface area is 81.1 Å². The molecule has 1 saturated carbocycles. The number of carbonyl (C=O) groups is 2. The van der Waals surface area contributed by atoms with Crippen molar-refractivity contribution in [3.8, 4) is 0 Å². The van der Waals surface area contributed by atoms with Crippen molar-refractivity contribution in [2.45, 2.75) is 5.92 Å². The predicted octanol–water partition coefficient (Wildman–Crippen LogP) is 0.673. The molecule has 3 nitrogen and oxygen atoms in total. The summed E-state index contributed by atoms with van der Waals surface area (Å²) < 4.78 is 0. The monoisotopic (exact) mass is 187 g/mol. The van der Waals surface area contributed by atoms with E-state index in [0.29, 0.717) is 0 Å². The van der Waals surface area contributed by atoms with Crippen LogP contribution in [0.3, 0.4) is 0 Å². The zero-order chi connectivity index (χ0) is 9.71. The number of imide groups is 1. The summed E-state index contributed by atoms with van der Waals surface area (Å²) in [6.07, 6.45) is 0. The Morgan fingerprint density at radius 2 is 1.43 bits per heavy atom. The standard InChI is InChI=1S/C11H9NO2/c13-10-8-7(9(8)11(14)12-10)6-4-2-1-3-5-6/h1-5,7-9H,(H,12,13,14)/t7-,8+,9-. The molecule has 0 unspecified atom stereocenters. The van der Waals surface area contributed by atoms with Gasteiger partial charge in [-0.05, 0) is 5.56 Å². The summed E-state index contributed by atoms with van der Waals surface area (Å²) in [6.45, 7) is 0. The van der Waals surface area contributed by atoms with E-state index < -0.39 is 0 Å². The van der Waals surface area contributed by atoms with Gasteiger partial charge in [-0.1, -0.05) is 30.3 Å². The third-order valence-corrected chi connectivity index (χ3v) is 3.06. The SMILES string of the molecule is O=C1NC(=O)[C@H]2[C@@H]1[C@H]2c1ccccc1. The van der Waals surface area contributed by atoms with E-state index in [2.05, 4.69) is 5.32 Å². The normalized spacial score (nSPS) is 33.9. The molecule has 2 fully saturated rings. The highest BCUT2D eigenvalue weighted by Crippen LogP contribution is 2.56. The zero-order valence-corrected chi connectivity index (χ0v) is 7.44. The van der Waals surface area contributed by atoms with Crippen LogP contribution in [0.4, 0.5) is 0 Å². The third kappa shape index (κ3) is 0.867. The van der Waals surface area contributed by atoms with Crippen molar-refractivity contribution in [3.63, 3.8) is 0 Å². The second-order valence-corrected chi connectivity index (χ2v) is 3.84. The molecule has 0 aromatic heterocycles. The molecule has 1 N–H and O–H groups in total. The second-order valence-electron chi connectivity index (χ2n) is 3.84. The molecule has 2 amide bonds. The van der Waals surface area contributed by atoms with E-state index in [9.17, 15) is 9.59 Å². The number of piperidine rings is 1. The van der Waals surface area contributed by atoms with Crippen LogP contribution >= 0.6 is 0 Å². The highest BCUT2D eigenvalue weighted by Gasteiger charge is 2.64. The van der Waals surface area contributed by atoms with E-state index in [0.717, 1.165) is 5.56 Å². The molecular weight excluding hydrogens is 178 g/mol. The van der Waals surface area contributed by atoms with E-state index in [4.69, 9.17) is 0 Å². The second kappa shape index (κ2) is 2.44. The Hall–Kier alpha value is -1.64. The van der Waals surface area contributed by atoms with Crippen LogP contribution in [0.2, 0.25) is 0 Å². The van der Waals surface area contributed by atoms with Gasteiger partial charge in [-0.15, -0.1) is 0 Å². The lowest BCUT2D eigenvalue weighted by Crippen LogP contribution is -2.26. The van der Waals surface area contributed by atoms with Gasteiger partial charge in [0, 0.05) is 5.92 Å². The molecule has 0 radical (unpaired) electrons. The zero-order valence-electron chi connectivity index (χ0n) is 7.44. The van der Waals surface area contributed by atoms with Crippen LogP contribution in [-0.2, 0) is 9.59 Å². The first-order valence-electron chi connectivity index (χ1n) is 4.68. The summed E-state index contributed by atoms with van der Waals surface area (Å²) in [5.74, 6) is -0.255. The molecule has 1 aromatic rings. The van der Waals surface area contributed by atoms with E-state index in [1.165, 1.54) is 0 Å². The van der Waals surface area contributed by atoms with Gasteiger partial charge in [0.05, 0.1) is 11.8 Å². The number of carbonyl (C=O) groups excluding carboxylic acids is 2. The van der Waals surface area contributed by atoms with Crippen LogP contribution in [0, 0.1) is 11.8 Å². The summed E-state index contributed by atoms with van der Waals surface area (Å²) in [7, 11) is 0. The Balaban J connectivity index is 1.93. The summed E-state index contributed by atoms with van der Waals surface area (Å²) in [5.41, 5.74) is 1.10. The molecule has 1 aliphatic carbocycles. The molecule has 3 atom stereocenters. The van der Waals surface area contributed by atoms with Gasteiger partial charge in [-0.25, -0.2) is 0 Å². The van der Waals surface area contributed by atoms with E-state index in [1.54, 1.807) is 0 Å². The van der Waals surface area contributed by atoms with Crippen molar-refractivity contribution < 1.29 is 9.59 Å². The van der Waals surface area contributed by atoms with Crippen LogP contribution in [0.25, 0.3) is 0 Å². The van der Waals surface area contributed by atoms with Gasteiger partial charge >= 0.3 is 0 Å². The van der Waals surface area contributed by atoms with Crippen molar-refractivity contribution in [2.24, 2.45) is 11.8 Å². The minimum Gasteiger partial charge on any atom is -0.296 e. The fourth-order valence-electron chi connectivity index (χ4n) is 2.34. The molecule has 3 heteroatoms. The minimum atomic E-state index is -0.103. The molecule has 1 saturated heterocycles. The van der Waals surface area contributed by atoms with Crippen molar-refractivity contribution >= 4 is 11.8 Å². The highest BCUT2D eigenvalue weighted by atomic mass is 16.2. The summed E-state index contributed by atoms with van der Waals surface area (Å²) in [6, 6.07) is 9.76. The average Bonchev–Trinajstić information content (AvgIpc) is 2.87. The van der Waals surface area contributed by atoms with Gasteiger partial charge in [-0.2, -0.15) is 0 Å². The van der Waals surface area contributed by atoms with Crippen molar-refractivity contribution in [1.29, 1.82) is 0 Å². The Morgan fingerprint density at radius 3 is 2.00 bits per heavy atom. The van der Waals surface area contributed by atoms with Gasteiger partial charge in [0.15, 0.2) is 0 Å². The summed E-state index contributed by atoms with van der Waals surface area (Å²) in [5, 5.41) is 2.34. The van der Waals surface area contributed by atoms with E-state index in [-0.39, 0.29) is 29.6 Å². The number of benzene rings is 1. The molecule has 1 aliphatic heterocycles. The molecule has 0 spiro atoms. The Kier molecular flexibility index (Phi) is 1.35. The summed E-state index contributed by atoms with van der Waals surface area (Å²) >= 11 is 0. The average molecular weight is 187 g/mol. The van der Waals surface area contributed by atoms with Gasteiger partial charge in [0.25, 0.3) is 0 Å². The number of amides is 2. The molecule has 1 aromatic carbocycles. The highest BCUT2D eigenvalue weighted by molar-refractivity contribution is 6.10. The number of rotatable bonds is 1. The third-order valence-electron chi connectivity index (χ3n) is 3.06. The summed E-state index contributed by atoms with van der Waals surface area (Å²) in [4.78, 5) is 22.6. The first kappa shape index (κ1) is 7.74. The van der Waals surface area contributed by atoms with E-state index >= 15 is 0 Å². The van der Waals surface area contributed by atoms with Crippen LogP contribution in [-0.4, -0.2) is 11.8 Å². The predicted molar refractivity (Wildman–Crippen MR) is 49.3 cm³/mol. The van der Waals surface area contributed by atoms with Crippen molar-refractivity contribution in [1.82, 2.24) is 5.32 Å². The van der Waals surface area contributed by atoms with Crippen LogP contribution in [0.15, 0.2) is 30.3 Å². The topological polar surface area (TPSA) is 46.2 Å². The van der Waals surface area contributed by atoms with Crippen LogP contribution in [0.5, 0.6) is 0 Å². The molecule has 1 heterocycles. The first-order valence-corrected chi connectivity index (χ1v) is 4.68. The van der Waals surface area contributed by atoms with Crippen LogP contribution in [0.1, 0.15) is 11.5 Å².